The number of nitrogens with zero attached hydrogens (tertiary/aromatic N) is 3. The lowest BCUT2D eigenvalue weighted by molar-refractivity contribution is 0.0600. The number of rotatable bonds is 3. The summed E-state index contributed by atoms with van der Waals surface area (Å²) in [4.78, 5) is 13.7. The first-order valence-electron chi connectivity index (χ1n) is 3.44. The molecule has 1 aromatic heterocycles. The first kappa shape index (κ1) is 9.57. The summed E-state index contributed by atoms with van der Waals surface area (Å²) in [5.41, 5.74) is 9.27. The Morgan fingerprint density at radius 1 is 1.77 bits per heavy atom. The zero-order valence-electron chi connectivity index (χ0n) is 6.93. The minimum absolute atomic E-state index is 0.185. The predicted molar refractivity (Wildman–Crippen MR) is 48.5 cm³/mol. The van der Waals surface area contributed by atoms with Gasteiger partial charge in [-0.15, -0.1) is 0 Å². The smallest absolute Gasteiger partial charge is 0.338 e. The molecule has 0 aliphatic carbocycles. The topological polar surface area (TPSA) is 75.1 Å². The molecule has 1 rings (SSSR count). The van der Waals surface area contributed by atoms with E-state index in [1.54, 1.807) is 10.8 Å². The van der Waals surface area contributed by atoms with Crippen LogP contribution in [0.3, 0.4) is 0 Å². The van der Waals surface area contributed by atoms with E-state index in [2.05, 4.69) is 14.8 Å². The number of carbonyl (C=O) groups excluding carboxylic acids is 1. The van der Waals surface area contributed by atoms with Crippen molar-refractivity contribution in [2.45, 2.75) is 6.54 Å². The molecule has 0 aliphatic rings. The monoisotopic (exact) mass is 197 g/mol. The van der Waals surface area contributed by atoms with Crippen molar-refractivity contribution < 1.29 is 9.53 Å². The lowest BCUT2D eigenvalue weighted by Gasteiger charge is -1.97. The molecule has 0 saturated heterocycles. The van der Waals surface area contributed by atoms with Crippen molar-refractivity contribution in [3.63, 3.8) is 0 Å². The number of ether oxygens (including phenoxy) is 1. The molecule has 0 N–H and O–H groups in total. The number of methoxy groups -OCH3 is 1. The van der Waals surface area contributed by atoms with Gasteiger partial charge in [-0.1, -0.05) is 5.11 Å². The Balaban J connectivity index is 2.88. The molecule has 1 aromatic rings. The summed E-state index contributed by atoms with van der Waals surface area (Å²) in [6.07, 6.45) is 0. The van der Waals surface area contributed by atoms with Crippen molar-refractivity contribution in [2.75, 3.05) is 7.11 Å². The molecule has 6 heteroatoms. The molecule has 0 unspecified atom stereocenters. The third-order valence-electron chi connectivity index (χ3n) is 1.45. The average Bonchev–Trinajstić information content (AvgIpc) is 2.61. The number of hydrogen-bond acceptors (Lipinski definition) is 4. The molecule has 1 heterocycles. The van der Waals surface area contributed by atoms with Crippen LogP contribution in [0.1, 0.15) is 15.9 Å². The second kappa shape index (κ2) is 4.49. The molecule has 68 valence electrons. The number of thiophene rings is 1. The summed E-state index contributed by atoms with van der Waals surface area (Å²) in [6.45, 7) is 0.185. The number of carbonyl (C=O) groups is 1. The van der Waals surface area contributed by atoms with Crippen molar-refractivity contribution in [3.8, 4) is 0 Å². The van der Waals surface area contributed by atoms with Crippen LogP contribution in [0.5, 0.6) is 0 Å². The fourth-order valence-electron chi connectivity index (χ4n) is 0.843. The summed E-state index contributed by atoms with van der Waals surface area (Å²) < 4.78 is 4.55. The molecular formula is C7H7N3O2S. The van der Waals surface area contributed by atoms with Gasteiger partial charge in [-0.3, -0.25) is 0 Å². The maximum absolute atomic E-state index is 11.1. The molecule has 0 spiro atoms. The first-order chi connectivity index (χ1) is 6.29. The highest BCUT2D eigenvalue weighted by atomic mass is 32.1. The van der Waals surface area contributed by atoms with E-state index in [-0.39, 0.29) is 6.54 Å². The highest BCUT2D eigenvalue weighted by molar-refractivity contribution is 7.08. The van der Waals surface area contributed by atoms with Gasteiger partial charge < -0.3 is 4.74 Å². The number of hydrogen-bond donors (Lipinski definition) is 0. The zero-order valence-corrected chi connectivity index (χ0v) is 7.74. The van der Waals surface area contributed by atoms with Gasteiger partial charge >= 0.3 is 5.97 Å². The van der Waals surface area contributed by atoms with Gasteiger partial charge in [0, 0.05) is 10.3 Å². The van der Waals surface area contributed by atoms with Crippen molar-refractivity contribution in [1.82, 2.24) is 0 Å². The van der Waals surface area contributed by atoms with Crippen LogP contribution < -0.4 is 0 Å². The van der Waals surface area contributed by atoms with Gasteiger partial charge in [0.15, 0.2) is 0 Å². The van der Waals surface area contributed by atoms with Crippen LogP contribution in [-0.4, -0.2) is 13.1 Å². The highest BCUT2D eigenvalue weighted by Gasteiger charge is 2.11. The van der Waals surface area contributed by atoms with E-state index in [0.29, 0.717) is 11.1 Å². The molecule has 0 radical (unpaired) electrons. The average molecular weight is 197 g/mol. The van der Waals surface area contributed by atoms with Gasteiger partial charge in [0.2, 0.25) is 0 Å². The largest absolute Gasteiger partial charge is 0.465 e. The molecule has 0 amide bonds. The molecule has 0 atom stereocenters. The summed E-state index contributed by atoms with van der Waals surface area (Å²) in [7, 11) is 1.32. The molecule has 0 saturated carbocycles. The van der Waals surface area contributed by atoms with Crippen LogP contribution in [0.15, 0.2) is 15.9 Å². The van der Waals surface area contributed by atoms with Crippen LogP contribution in [0.4, 0.5) is 0 Å². The third-order valence-corrected chi connectivity index (χ3v) is 2.24. The van der Waals surface area contributed by atoms with E-state index in [1.165, 1.54) is 18.4 Å². The van der Waals surface area contributed by atoms with Crippen LogP contribution in [0.2, 0.25) is 0 Å². The predicted octanol–water partition coefficient (Wildman–Crippen LogP) is 2.35. The van der Waals surface area contributed by atoms with Gasteiger partial charge in [-0.2, -0.15) is 11.3 Å². The summed E-state index contributed by atoms with van der Waals surface area (Å²) >= 11 is 1.38. The highest BCUT2D eigenvalue weighted by Crippen LogP contribution is 2.16. The van der Waals surface area contributed by atoms with Crippen LogP contribution in [0.25, 0.3) is 10.4 Å². The molecule has 0 aromatic carbocycles. The molecular weight excluding hydrogens is 190 g/mol. The minimum atomic E-state index is -0.399. The van der Waals surface area contributed by atoms with Gasteiger partial charge in [-0.25, -0.2) is 4.79 Å². The molecule has 0 bridgehead atoms. The first-order valence-corrected chi connectivity index (χ1v) is 4.38. The van der Waals surface area contributed by atoms with Crippen molar-refractivity contribution in [1.29, 1.82) is 0 Å². The van der Waals surface area contributed by atoms with E-state index in [0.717, 1.165) is 0 Å². The van der Waals surface area contributed by atoms with E-state index < -0.39 is 5.97 Å². The van der Waals surface area contributed by atoms with E-state index in [1.807, 2.05) is 0 Å². The van der Waals surface area contributed by atoms with Crippen molar-refractivity contribution in [2.24, 2.45) is 5.11 Å². The van der Waals surface area contributed by atoms with E-state index in [4.69, 9.17) is 5.53 Å². The lowest BCUT2D eigenvalue weighted by Crippen LogP contribution is -2.02. The molecule has 0 aliphatic heterocycles. The van der Waals surface area contributed by atoms with Gasteiger partial charge in [0.1, 0.15) is 0 Å². The second-order valence-corrected chi connectivity index (χ2v) is 2.93. The Morgan fingerprint density at radius 2 is 2.54 bits per heavy atom. The molecule has 0 fully saturated rings. The standard InChI is InChI=1S/C7H7N3O2S/c1-12-7(11)6-4-13-3-5(6)2-9-10-8/h3-4H,2H2,1H3. The van der Waals surface area contributed by atoms with E-state index in [9.17, 15) is 4.79 Å². The van der Waals surface area contributed by atoms with Crippen molar-refractivity contribution >= 4 is 17.3 Å². The Morgan fingerprint density at radius 3 is 3.15 bits per heavy atom. The third kappa shape index (κ3) is 2.21. The summed E-state index contributed by atoms with van der Waals surface area (Å²) in [5, 5.41) is 6.81. The summed E-state index contributed by atoms with van der Waals surface area (Å²) in [6, 6.07) is 0. The fraction of sp³-hybridized carbons (Fsp3) is 0.286. The quantitative estimate of drug-likeness (QED) is 0.323. The minimum Gasteiger partial charge on any atom is -0.465 e. The normalized spacial score (nSPS) is 9.00. The SMILES string of the molecule is COC(=O)c1cscc1CN=[N+]=[N-]. The number of esters is 1. The second-order valence-electron chi connectivity index (χ2n) is 2.19. The van der Waals surface area contributed by atoms with Crippen LogP contribution >= 0.6 is 11.3 Å². The van der Waals surface area contributed by atoms with E-state index >= 15 is 0 Å². The van der Waals surface area contributed by atoms with Gasteiger partial charge in [0.25, 0.3) is 0 Å². The van der Waals surface area contributed by atoms with Crippen LogP contribution in [-0.2, 0) is 11.3 Å². The number of azide groups is 1. The zero-order chi connectivity index (χ0) is 9.68. The maximum atomic E-state index is 11.1. The van der Waals surface area contributed by atoms with Crippen LogP contribution in [0, 0.1) is 0 Å². The Labute approximate surface area is 78.6 Å². The van der Waals surface area contributed by atoms with Gasteiger partial charge in [-0.05, 0) is 16.5 Å². The molecule has 13 heavy (non-hydrogen) atoms. The fourth-order valence-corrected chi connectivity index (χ4v) is 1.66. The molecule has 5 nitrogen and oxygen atoms in total. The summed E-state index contributed by atoms with van der Waals surface area (Å²) in [5.74, 6) is -0.399. The Hall–Kier alpha value is -1.52. The lowest BCUT2D eigenvalue weighted by atomic mass is 10.2. The van der Waals surface area contributed by atoms with Gasteiger partial charge in [0.05, 0.1) is 19.2 Å². The maximum Gasteiger partial charge on any atom is 0.338 e. The Bertz CT molecular complexity index is 354. The van der Waals surface area contributed by atoms with Crippen molar-refractivity contribution in [3.05, 3.63) is 32.3 Å². The Kier molecular flexibility index (Phi) is 3.31.